The average molecular weight is 247 g/mol. The SMILES string of the molecule is CNC1CCC(Nc2ccccc2C(N)=O)CC1. The summed E-state index contributed by atoms with van der Waals surface area (Å²) in [4.78, 5) is 11.3. The Hall–Kier alpha value is -1.55. The Morgan fingerprint density at radius 2 is 1.78 bits per heavy atom. The van der Waals surface area contributed by atoms with Crippen molar-refractivity contribution in [3.05, 3.63) is 29.8 Å². The molecule has 1 amide bonds. The van der Waals surface area contributed by atoms with E-state index in [0.717, 1.165) is 18.5 Å². The van der Waals surface area contributed by atoms with Gasteiger partial charge in [-0.15, -0.1) is 0 Å². The quantitative estimate of drug-likeness (QED) is 0.759. The average Bonchev–Trinajstić information content (AvgIpc) is 2.40. The lowest BCUT2D eigenvalue weighted by atomic mass is 9.91. The van der Waals surface area contributed by atoms with Crippen LogP contribution in [-0.2, 0) is 0 Å². The molecule has 0 unspecified atom stereocenters. The van der Waals surface area contributed by atoms with Crippen LogP contribution in [0.4, 0.5) is 5.69 Å². The van der Waals surface area contributed by atoms with Crippen LogP contribution in [0, 0.1) is 0 Å². The van der Waals surface area contributed by atoms with Crippen LogP contribution < -0.4 is 16.4 Å². The van der Waals surface area contributed by atoms with Gasteiger partial charge in [0.05, 0.1) is 5.56 Å². The number of carbonyl (C=O) groups is 1. The van der Waals surface area contributed by atoms with Gasteiger partial charge in [0, 0.05) is 17.8 Å². The molecule has 0 saturated heterocycles. The van der Waals surface area contributed by atoms with E-state index in [9.17, 15) is 4.79 Å². The van der Waals surface area contributed by atoms with Crippen molar-refractivity contribution in [3.8, 4) is 0 Å². The fourth-order valence-corrected chi connectivity index (χ4v) is 2.57. The maximum absolute atomic E-state index is 11.3. The number of rotatable bonds is 4. The Kier molecular flexibility index (Phi) is 4.20. The van der Waals surface area contributed by atoms with Crippen LogP contribution in [0.25, 0.3) is 0 Å². The predicted octanol–water partition coefficient (Wildman–Crippen LogP) is 1.73. The summed E-state index contributed by atoms with van der Waals surface area (Å²) in [6.45, 7) is 0. The van der Waals surface area contributed by atoms with Gasteiger partial charge < -0.3 is 16.4 Å². The third kappa shape index (κ3) is 3.01. The number of hydrogen-bond acceptors (Lipinski definition) is 3. The zero-order valence-electron chi connectivity index (χ0n) is 10.8. The molecular formula is C14H21N3O. The first-order valence-corrected chi connectivity index (χ1v) is 6.53. The number of amides is 1. The van der Waals surface area contributed by atoms with Crippen molar-refractivity contribution in [1.29, 1.82) is 0 Å². The molecule has 0 aliphatic heterocycles. The van der Waals surface area contributed by atoms with Gasteiger partial charge in [0.25, 0.3) is 5.91 Å². The van der Waals surface area contributed by atoms with Crippen molar-refractivity contribution in [1.82, 2.24) is 5.32 Å². The molecule has 98 valence electrons. The third-order valence-electron chi connectivity index (χ3n) is 3.69. The van der Waals surface area contributed by atoms with Crippen LogP contribution in [-0.4, -0.2) is 25.0 Å². The summed E-state index contributed by atoms with van der Waals surface area (Å²) in [5.41, 5.74) is 6.81. The van der Waals surface area contributed by atoms with Gasteiger partial charge in [-0.3, -0.25) is 4.79 Å². The van der Waals surface area contributed by atoms with Crippen LogP contribution in [0.15, 0.2) is 24.3 Å². The van der Waals surface area contributed by atoms with E-state index in [1.54, 1.807) is 6.07 Å². The monoisotopic (exact) mass is 247 g/mol. The molecule has 0 bridgehead atoms. The largest absolute Gasteiger partial charge is 0.382 e. The topological polar surface area (TPSA) is 67.2 Å². The summed E-state index contributed by atoms with van der Waals surface area (Å²) in [6, 6.07) is 8.52. The van der Waals surface area contributed by atoms with Crippen LogP contribution in [0.1, 0.15) is 36.0 Å². The molecule has 1 aromatic rings. The van der Waals surface area contributed by atoms with Crippen LogP contribution >= 0.6 is 0 Å². The predicted molar refractivity (Wildman–Crippen MR) is 73.7 cm³/mol. The number of primary amides is 1. The van der Waals surface area contributed by atoms with E-state index >= 15 is 0 Å². The van der Waals surface area contributed by atoms with E-state index < -0.39 is 0 Å². The Bertz CT molecular complexity index is 411. The second-order valence-electron chi connectivity index (χ2n) is 4.89. The van der Waals surface area contributed by atoms with E-state index in [4.69, 9.17) is 5.73 Å². The van der Waals surface area contributed by atoms with E-state index in [2.05, 4.69) is 10.6 Å². The molecule has 4 nitrogen and oxygen atoms in total. The van der Waals surface area contributed by atoms with Gasteiger partial charge in [0.15, 0.2) is 0 Å². The molecule has 1 aromatic carbocycles. The van der Waals surface area contributed by atoms with E-state index in [1.165, 1.54) is 12.8 Å². The second-order valence-corrected chi connectivity index (χ2v) is 4.89. The maximum atomic E-state index is 11.3. The number of hydrogen-bond donors (Lipinski definition) is 3. The molecule has 1 saturated carbocycles. The Labute approximate surface area is 108 Å². The lowest BCUT2D eigenvalue weighted by Crippen LogP contribution is -2.35. The third-order valence-corrected chi connectivity index (χ3v) is 3.69. The summed E-state index contributed by atoms with van der Waals surface area (Å²) in [5.74, 6) is -0.373. The molecule has 0 heterocycles. The standard InChI is InChI=1S/C14H21N3O/c1-16-10-6-8-11(9-7-10)17-13-5-3-2-4-12(13)14(15)18/h2-5,10-11,16-17H,6-9H2,1H3,(H2,15,18). The number of nitrogens with one attached hydrogen (secondary N) is 2. The molecule has 1 aliphatic rings. The first-order valence-electron chi connectivity index (χ1n) is 6.53. The summed E-state index contributed by atoms with van der Waals surface area (Å²) < 4.78 is 0. The number of nitrogens with two attached hydrogens (primary N) is 1. The molecule has 0 radical (unpaired) electrons. The van der Waals surface area contributed by atoms with E-state index in [1.807, 2.05) is 25.2 Å². The number of anilines is 1. The molecular weight excluding hydrogens is 226 g/mol. The van der Waals surface area contributed by atoms with Gasteiger partial charge in [0.2, 0.25) is 0 Å². The summed E-state index contributed by atoms with van der Waals surface area (Å²) in [7, 11) is 2.01. The molecule has 0 aromatic heterocycles. The summed E-state index contributed by atoms with van der Waals surface area (Å²) in [6.07, 6.45) is 4.59. The molecule has 2 rings (SSSR count). The highest BCUT2D eigenvalue weighted by atomic mass is 16.1. The minimum atomic E-state index is -0.373. The summed E-state index contributed by atoms with van der Waals surface area (Å²) in [5, 5.41) is 6.76. The van der Waals surface area contributed by atoms with Crippen LogP contribution in [0.3, 0.4) is 0 Å². The highest BCUT2D eigenvalue weighted by molar-refractivity contribution is 5.98. The zero-order valence-corrected chi connectivity index (χ0v) is 10.8. The lowest BCUT2D eigenvalue weighted by molar-refractivity contribution is 0.100. The maximum Gasteiger partial charge on any atom is 0.250 e. The Morgan fingerprint density at radius 3 is 2.39 bits per heavy atom. The zero-order chi connectivity index (χ0) is 13.0. The molecule has 0 spiro atoms. The molecule has 1 aliphatic carbocycles. The minimum absolute atomic E-state index is 0.373. The van der Waals surface area contributed by atoms with Gasteiger partial charge in [0.1, 0.15) is 0 Å². The molecule has 4 N–H and O–H groups in total. The van der Waals surface area contributed by atoms with Crippen LogP contribution in [0.5, 0.6) is 0 Å². The number of carbonyl (C=O) groups excluding carboxylic acids is 1. The van der Waals surface area contributed by atoms with Crippen molar-refractivity contribution in [3.63, 3.8) is 0 Å². The van der Waals surface area contributed by atoms with Crippen molar-refractivity contribution in [2.45, 2.75) is 37.8 Å². The Morgan fingerprint density at radius 1 is 1.17 bits per heavy atom. The van der Waals surface area contributed by atoms with Gasteiger partial charge in [-0.1, -0.05) is 12.1 Å². The highest BCUT2D eigenvalue weighted by Gasteiger charge is 2.20. The number of para-hydroxylation sites is 1. The first-order chi connectivity index (χ1) is 8.70. The Balaban J connectivity index is 2.00. The normalized spacial score (nSPS) is 23.6. The molecule has 4 heteroatoms. The number of benzene rings is 1. The minimum Gasteiger partial charge on any atom is -0.382 e. The van der Waals surface area contributed by atoms with Gasteiger partial charge >= 0.3 is 0 Å². The van der Waals surface area contributed by atoms with E-state index in [0.29, 0.717) is 17.6 Å². The van der Waals surface area contributed by atoms with Crippen molar-refractivity contribution in [2.24, 2.45) is 5.73 Å². The van der Waals surface area contributed by atoms with Crippen molar-refractivity contribution in [2.75, 3.05) is 12.4 Å². The van der Waals surface area contributed by atoms with Gasteiger partial charge in [-0.2, -0.15) is 0 Å². The van der Waals surface area contributed by atoms with Gasteiger partial charge in [-0.25, -0.2) is 0 Å². The second kappa shape index (κ2) is 5.87. The lowest BCUT2D eigenvalue weighted by Gasteiger charge is -2.29. The molecule has 18 heavy (non-hydrogen) atoms. The van der Waals surface area contributed by atoms with Crippen molar-refractivity contribution >= 4 is 11.6 Å². The summed E-state index contributed by atoms with van der Waals surface area (Å²) >= 11 is 0. The molecule has 0 atom stereocenters. The first kappa shape index (κ1) is 12.9. The highest BCUT2D eigenvalue weighted by Crippen LogP contribution is 2.23. The van der Waals surface area contributed by atoms with Crippen molar-refractivity contribution < 1.29 is 4.79 Å². The fraction of sp³-hybridized carbons (Fsp3) is 0.500. The van der Waals surface area contributed by atoms with E-state index in [-0.39, 0.29) is 5.91 Å². The molecule has 1 fully saturated rings. The smallest absolute Gasteiger partial charge is 0.250 e. The fourth-order valence-electron chi connectivity index (χ4n) is 2.57. The van der Waals surface area contributed by atoms with Gasteiger partial charge in [-0.05, 0) is 44.9 Å². The van der Waals surface area contributed by atoms with Crippen LogP contribution in [0.2, 0.25) is 0 Å².